The van der Waals surface area contributed by atoms with Crippen LogP contribution in [-0.4, -0.2) is 27.7 Å². The molecule has 0 aliphatic heterocycles. The van der Waals surface area contributed by atoms with E-state index >= 15 is 0 Å². The topological polar surface area (TPSA) is 84.1 Å². The first kappa shape index (κ1) is 19.2. The van der Waals surface area contributed by atoms with E-state index < -0.39 is 0 Å². The Kier molecular flexibility index (Phi) is 5.32. The Morgan fingerprint density at radius 2 is 1.66 bits per heavy atom. The lowest BCUT2D eigenvalue weighted by Gasteiger charge is -2.17. The number of phenols is 1. The van der Waals surface area contributed by atoms with E-state index in [0.717, 1.165) is 33.9 Å². The van der Waals surface area contributed by atoms with Gasteiger partial charge in [0, 0.05) is 18.0 Å². The lowest BCUT2D eigenvalue weighted by Crippen LogP contribution is -2.30. The molecule has 0 fully saturated rings. The standard InChI is InChI=1S/C24H26N4O/c1-15(2)11-18(25)14-26-23-19-9-5-6-10-21(19)27-24(28-23)20-12-16-7-3-4-8-17(16)13-22(20)29/h3-10,12-13,15,18,29H,11,14,25H2,1-2H3,(H,26,27,28)/t18-/m1/s1. The van der Waals surface area contributed by atoms with E-state index in [-0.39, 0.29) is 11.8 Å². The molecule has 4 rings (SSSR count). The molecule has 29 heavy (non-hydrogen) atoms. The normalized spacial score (nSPS) is 12.6. The van der Waals surface area contributed by atoms with Crippen molar-refractivity contribution in [1.82, 2.24) is 9.97 Å². The van der Waals surface area contributed by atoms with Crippen molar-refractivity contribution < 1.29 is 5.11 Å². The van der Waals surface area contributed by atoms with Crippen molar-refractivity contribution in [3.05, 3.63) is 60.7 Å². The monoisotopic (exact) mass is 386 g/mol. The highest BCUT2D eigenvalue weighted by Crippen LogP contribution is 2.33. The minimum Gasteiger partial charge on any atom is -0.507 e. The number of nitrogens with one attached hydrogen (secondary N) is 1. The fourth-order valence-electron chi connectivity index (χ4n) is 3.66. The minimum absolute atomic E-state index is 0.0428. The Bertz CT molecular complexity index is 1160. The smallest absolute Gasteiger partial charge is 0.165 e. The number of aromatic hydroxyl groups is 1. The van der Waals surface area contributed by atoms with Crippen molar-refractivity contribution in [3.8, 4) is 17.1 Å². The average Bonchev–Trinajstić information content (AvgIpc) is 2.70. The summed E-state index contributed by atoms with van der Waals surface area (Å²) in [6, 6.07) is 19.5. The van der Waals surface area contributed by atoms with Crippen LogP contribution >= 0.6 is 0 Å². The number of nitrogens with zero attached hydrogens (tertiary/aromatic N) is 2. The summed E-state index contributed by atoms with van der Waals surface area (Å²) in [4.78, 5) is 9.46. The number of nitrogens with two attached hydrogens (primary N) is 1. The molecule has 1 heterocycles. The molecule has 0 saturated carbocycles. The Morgan fingerprint density at radius 1 is 0.966 bits per heavy atom. The summed E-state index contributed by atoms with van der Waals surface area (Å²) in [7, 11) is 0. The average molecular weight is 386 g/mol. The van der Waals surface area contributed by atoms with Gasteiger partial charge in [-0.3, -0.25) is 0 Å². The number of hydrogen-bond acceptors (Lipinski definition) is 5. The molecule has 4 N–H and O–H groups in total. The molecule has 0 spiro atoms. The van der Waals surface area contributed by atoms with Crippen molar-refractivity contribution in [2.45, 2.75) is 26.3 Å². The summed E-state index contributed by atoms with van der Waals surface area (Å²) < 4.78 is 0. The maximum Gasteiger partial charge on any atom is 0.165 e. The first-order valence-electron chi connectivity index (χ1n) is 9.99. The number of phenolic OH excluding ortho intramolecular Hbond substituents is 1. The predicted octanol–water partition coefficient (Wildman–Crippen LogP) is 4.94. The molecule has 0 amide bonds. The third kappa shape index (κ3) is 4.15. The second-order valence-corrected chi connectivity index (χ2v) is 7.90. The fourth-order valence-corrected chi connectivity index (χ4v) is 3.66. The Labute approximate surface area is 170 Å². The molecule has 5 nitrogen and oxygen atoms in total. The first-order chi connectivity index (χ1) is 14.0. The summed E-state index contributed by atoms with van der Waals surface area (Å²) >= 11 is 0. The van der Waals surface area contributed by atoms with Crippen molar-refractivity contribution in [1.29, 1.82) is 0 Å². The summed E-state index contributed by atoms with van der Waals surface area (Å²) in [6.07, 6.45) is 0.939. The lowest BCUT2D eigenvalue weighted by atomic mass is 10.0. The number of para-hydroxylation sites is 1. The second kappa shape index (κ2) is 8.05. The van der Waals surface area contributed by atoms with Gasteiger partial charge in [-0.25, -0.2) is 9.97 Å². The van der Waals surface area contributed by atoms with Gasteiger partial charge in [0.1, 0.15) is 11.6 Å². The zero-order valence-corrected chi connectivity index (χ0v) is 16.8. The molecule has 0 aliphatic rings. The Hall–Kier alpha value is -3.18. The predicted molar refractivity (Wildman–Crippen MR) is 120 cm³/mol. The number of aromatic nitrogens is 2. The van der Waals surface area contributed by atoms with Crippen LogP contribution in [0.3, 0.4) is 0 Å². The van der Waals surface area contributed by atoms with Gasteiger partial charge in [-0.1, -0.05) is 50.2 Å². The van der Waals surface area contributed by atoms with Gasteiger partial charge in [0.2, 0.25) is 0 Å². The molecular formula is C24H26N4O. The van der Waals surface area contributed by atoms with Gasteiger partial charge in [0.25, 0.3) is 0 Å². The van der Waals surface area contributed by atoms with Crippen LogP contribution < -0.4 is 11.1 Å². The van der Waals surface area contributed by atoms with E-state index in [1.807, 2.05) is 54.6 Å². The highest BCUT2D eigenvalue weighted by molar-refractivity contribution is 5.93. The number of fused-ring (bicyclic) bond motifs is 2. The molecule has 148 valence electrons. The molecule has 3 aromatic carbocycles. The van der Waals surface area contributed by atoms with Crippen LogP contribution in [0.2, 0.25) is 0 Å². The molecule has 0 saturated heterocycles. The van der Waals surface area contributed by atoms with Gasteiger partial charge in [-0.2, -0.15) is 0 Å². The zero-order chi connectivity index (χ0) is 20.4. The van der Waals surface area contributed by atoms with E-state index in [1.165, 1.54) is 0 Å². The van der Waals surface area contributed by atoms with Crippen molar-refractivity contribution in [2.75, 3.05) is 11.9 Å². The molecule has 1 atom stereocenters. The van der Waals surface area contributed by atoms with E-state index in [1.54, 1.807) is 6.07 Å². The third-order valence-corrected chi connectivity index (χ3v) is 5.01. The van der Waals surface area contributed by atoms with Gasteiger partial charge < -0.3 is 16.2 Å². The number of rotatable bonds is 6. The minimum atomic E-state index is 0.0428. The fraction of sp³-hybridized carbons (Fsp3) is 0.250. The summed E-state index contributed by atoms with van der Waals surface area (Å²) in [5.74, 6) is 1.93. The second-order valence-electron chi connectivity index (χ2n) is 7.90. The van der Waals surface area contributed by atoms with Gasteiger partial charge in [-0.05, 0) is 47.4 Å². The summed E-state index contributed by atoms with van der Waals surface area (Å²) in [5.41, 5.74) is 7.70. The van der Waals surface area contributed by atoms with E-state index in [2.05, 4.69) is 19.2 Å². The van der Waals surface area contributed by atoms with E-state index in [4.69, 9.17) is 15.7 Å². The van der Waals surface area contributed by atoms with Crippen LogP contribution in [0, 0.1) is 5.92 Å². The van der Waals surface area contributed by atoms with Gasteiger partial charge in [0.15, 0.2) is 5.82 Å². The zero-order valence-electron chi connectivity index (χ0n) is 16.8. The third-order valence-electron chi connectivity index (χ3n) is 5.01. The van der Waals surface area contributed by atoms with Gasteiger partial charge in [0.05, 0.1) is 11.1 Å². The molecule has 0 bridgehead atoms. The van der Waals surface area contributed by atoms with E-state index in [0.29, 0.717) is 23.9 Å². The number of benzene rings is 3. The van der Waals surface area contributed by atoms with Crippen molar-refractivity contribution >= 4 is 27.5 Å². The molecule has 1 aromatic heterocycles. The largest absolute Gasteiger partial charge is 0.507 e. The molecule has 5 heteroatoms. The van der Waals surface area contributed by atoms with Crippen LogP contribution in [0.5, 0.6) is 5.75 Å². The number of anilines is 1. The summed E-state index contributed by atoms with van der Waals surface area (Å²) in [6.45, 7) is 4.96. The molecule has 0 radical (unpaired) electrons. The first-order valence-corrected chi connectivity index (χ1v) is 9.99. The van der Waals surface area contributed by atoms with E-state index in [9.17, 15) is 5.11 Å². The SMILES string of the molecule is CC(C)C[C@@H](N)CNc1nc(-c2cc3ccccc3cc2O)nc2ccccc12. The van der Waals surface area contributed by atoms with Crippen molar-refractivity contribution in [3.63, 3.8) is 0 Å². The Morgan fingerprint density at radius 3 is 2.41 bits per heavy atom. The highest BCUT2D eigenvalue weighted by atomic mass is 16.3. The van der Waals surface area contributed by atoms with Gasteiger partial charge >= 0.3 is 0 Å². The van der Waals surface area contributed by atoms with Gasteiger partial charge in [-0.15, -0.1) is 0 Å². The van der Waals surface area contributed by atoms with Crippen LogP contribution in [0.1, 0.15) is 20.3 Å². The molecular weight excluding hydrogens is 360 g/mol. The van der Waals surface area contributed by atoms with Crippen LogP contribution in [0.4, 0.5) is 5.82 Å². The molecule has 0 unspecified atom stereocenters. The molecule has 4 aromatic rings. The van der Waals surface area contributed by atoms with Crippen LogP contribution in [-0.2, 0) is 0 Å². The van der Waals surface area contributed by atoms with Crippen LogP contribution in [0.25, 0.3) is 33.1 Å². The van der Waals surface area contributed by atoms with Crippen molar-refractivity contribution in [2.24, 2.45) is 11.7 Å². The van der Waals surface area contributed by atoms with Crippen LogP contribution in [0.15, 0.2) is 60.7 Å². The lowest BCUT2D eigenvalue weighted by molar-refractivity contribution is 0.477. The number of hydrogen-bond donors (Lipinski definition) is 3. The maximum atomic E-state index is 10.6. The summed E-state index contributed by atoms with van der Waals surface area (Å²) in [5, 5.41) is 17.0. The highest BCUT2D eigenvalue weighted by Gasteiger charge is 2.14. The maximum absolute atomic E-state index is 10.6. The Balaban J connectivity index is 1.77. The molecule has 0 aliphatic carbocycles. The quantitative estimate of drug-likeness (QED) is 0.437.